The van der Waals surface area contributed by atoms with Crippen LogP contribution in [0, 0.1) is 5.82 Å². The van der Waals surface area contributed by atoms with Gasteiger partial charge in [-0.1, -0.05) is 0 Å². The quantitative estimate of drug-likeness (QED) is 0.350. The van der Waals surface area contributed by atoms with Gasteiger partial charge in [-0.3, -0.25) is 14.7 Å². The molecular weight excluding hydrogens is 433 g/mol. The Bertz CT molecular complexity index is 1690. The van der Waals surface area contributed by atoms with Gasteiger partial charge in [0.05, 0.1) is 17.8 Å². The van der Waals surface area contributed by atoms with E-state index < -0.39 is 5.82 Å². The summed E-state index contributed by atoms with van der Waals surface area (Å²) < 4.78 is 17.0. The fourth-order valence-corrected chi connectivity index (χ4v) is 5.23. The highest BCUT2D eigenvalue weighted by Gasteiger charge is 2.26. The van der Waals surface area contributed by atoms with Crippen molar-refractivity contribution in [1.29, 1.82) is 0 Å². The lowest BCUT2D eigenvalue weighted by Crippen LogP contribution is -2.13. The maximum Gasteiger partial charge on any atom is 0.255 e. The normalized spacial score (nSPS) is 13.1. The van der Waals surface area contributed by atoms with E-state index in [2.05, 4.69) is 27.3 Å². The summed E-state index contributed by atoms with van der Waals surface area (Å²) in [5.41, 5.74) is 11.2. The zero-order valence-electron chi connectivity index (χ0n) is 18.5. The first-order valence-electron chi connectivity index (χ1n) is 11.2. The lowest BCUT2D eigenvalue weighted by molar-refractivity contribution is 0.101. The summed E-state index contributed by atoms with van der Waals surface area (Å²) in [6, 6.07) is 10.7. The van der Waals surface area contributed by atoms with Crippen LogP contribution in [0.4, 0.5) is 10.2 Å². The molecule has 0 fully saturated rings. The number of carbonyl (C=O) groups excluding carboxylic acids is 1. The fraction of sp³-hybridized carbons (Fsp3) is 0.192. The molecule has 0 aliphatic heterocycles. The van der Waals surface area contributed by atoms with Crippen LogP contribution < -0.4 is 11.3 Å². The minimum Gasteiger partial charge on any atom is -0.382 e. The number of aromatic nitrogens is 4. The second-order valence-electron chi connectivity index (χ2n) is 8.87. The molecule has 0 saturated carbocycles. The maximum absolute atomic E-state index is 15.1. The molecule has 7 nitrogen and oxygen atoms in total. The highest BCUT2D eigenvalue weighted by Crippen LogP contribution is 2.38. The Balaban J connectivity index is 1.67. The molecule has 170 valence electrons. The van der Waals surface area contributed by atoms with Crippen molar-refractivity contribution in [1.82, 2.24) is 19.7 Å². The number of halogens is 1. The van der Waals surface area contributed by atoms with Gasteiger partial charge < -0.3 is 15.3 Å². The second kappa shape index (κ2) is 7.41. The molecule has 0 saturated heterocycles. The number of carbonyl (C=O) groups is 1. The number of anilines is 1. The van der Waals surface area contributed by atoms with Crippen LogP contribution in [0.15, 0.2) is 47.4 Å². The molecule has 34 heavy (non-hydrogen) atoms. The van der Waals surface area contributed by atoms with Crippen LogP contribution in [-0.4, -0.2) is 25.5 Å². The molecule has 8 heteroatoms. The van der Waals surface area contributed by atoms with E-state index in [1.165, 1.54) is 24.1 Å². The molecule has 1 aliphatic rings. The van der Waals surface area contributed by atoms with Crippen LogP contribution in [0.25, 0.3) is 32.9 Å². The molecule has 0 amide bonds. The lowest BCUT2D eigenvalue weighted by atomic mass is 9.99. The third-order valence-electron chi connectivity index (χ3n) is 6.79. The van der Waals surface area contributed by atoms with Crippen molar-refractivity contribution in [2.24, 2.45) is 0 Å². The average molecular weight is 455 g/mol. The molecule has 3 aromatic heterocycles. The first kappa shape index (κ1) is 20.4. The summed E-state index contributed by atoms with van der Waals surface area (Å²) in [5, 5.41) is 8.13. The number of fused-ring (bicyclic) bond motifs is 3. The summed E-state index contributed by atoms with van der Waals surface area (Å²) >= 11 is 0. The highest BCUT2D eigenvalue weighted by atomic mass is 19.1. The number of ketones is 1. The van der Waals surface area contributed by atoms with Crippen LogP contribution >= 0.6 is 0 Å². The van der Waals surface area contributed by atoms with Crippen molar-refractivity contribution >= 4 is 33.4 Å². The van der Waals surface area contributed by atoms with Crippen LogP contribution in [0.3, 0.4) is 0 Å². The monoisotopic (exact) mass is 455 g/mol. The van der Waals surface area contributed by atoms with Gasteiger partial charge in [-0.2, -0.15) is 5.10 Å². The van der Waals surface area contributed by atoms with E-state index >= 15 is 4.39 Å². The highest BCUT2D eigenvalue weighted by molar-refractivity contribution is 6.10. The predicted molar refractivity (Wildman–Crippen MR) is 130 cm³/mol. The van der Waals surface area contributed by atoms with Gasteiger partial charge in [-0.25, -0.2) is 4.39 Å². The van der Waals surface area contributed by atoms with Crippen molar-refractivity contribution < 1.29 is 9.18 Å². The number of hydrogen-bond acceptors (Lipinski definition) is 4. The molecule has 2 aromatic carbocycles. The van der Waals surface area contributed by atoms with Gasteiger partial charge in [-0.05, 0) is 66.8 Å². The first-order valence-corrected chi connectivity index (χ1v) is 11.2. The van der Waals surface area contributed by atoms with E-state index in [9.17, 15) is 9.59 Å². The minimum atomic E-state index is -0.423. The number of hydrogen-bond donors (Lipinski definition) is 3. The predicted octanol–water partition coefficient (Wildman–Crippen LogP) is 4.33. The van der Waals surface area contributed by atoms with Crippen LogP contribution in [-0.2, 0) is 19.4 Å². The minimum absolute atomic E-state index is 0.112. The number of nitrogens with two attached hydrogens (primary N) is 1. The standard InChI is InChI=1S/C26H22FN5O2/c1-13(33)24-23(17-6-3-7-29-26(17)34)19-8-14-4-2-5-15(14)10-22(19)32(24)12-16-9-18-21(11-20(16)27)30-31-25(18)28/h3,6-11H,2,4-5,12H2,1H3,(H,29,34)(H3,28,30,31). The number of pyridine rings is 1. The SMILES string of the molecule is CC(=O)c1c(-c2ccc[nH]c2=O)c2cc3c(cc2n1Cc1cc2c(N)n[nH]c2cc1F)CCC3. The van der Waals surface area contributed by atoms with E-state index in [0.29, 0.717) is 33.3 Å². The summed E-state index contributed by atoms with van der Waals surface area (Å²) in [6.07, 6.45) is 4.55. The van der Waals surface area contributed by atoms with E-state index in [1.54, 1.807) is 24.4 Å². The smallest absolute Gasteiger partial charge is 0.255 e. The van der Waals surface area contributed by atoms with E-state index in [4.69, 9.17) is 5.73 Å². The molecule has 3 heterocycles. The van der Waals surface area contributed by atoms with E-state index in [-0.39, 0.29) is 23.7 Å². The molecule has 4 N–H and O–H groups in total. The summed E-state index contributed by atoms with van der Waals surface area (Å²) in [6.45, 7) is 1.59. The number of benzene rings is 2. The van der Waals surface area contributed by atoms with Crippen molar-refractivity contribution in [3.8, 4) is 11.1 Å². The Morgan fingerprint density at radius 3 is 2.74 bits per heavy atom. The van der Waals surface area contributed by atoms with Crippen molar-refractivity contribution in [3.63, 3.8) is 0 Å². The molecule has 0 spiro atoms. The Kier molecular flexibility index (Phi) is 4.45. The van der Waals surface area contributed by atoms with Crippen LogP contribution in [0.2, 0.25) is 0 Å². The molecule has 0 radical (unpaired) electrons. The second-order valence-corrected chi connectivity index (χ2v) is 8.87. The zero-order valence-corrected chi connectivity index (χ0v) is 18.5. The van der Waals surface area contributed by atoms with E-state index in [0.717, 1.165) is 30.2 Å². The zero-order chi connectivity index (χ0) is 23.6. The number of nitrogens with zero attached hydrogens (tertiary/aromatic N) is 2. The van der Waals surface area contributed by atoms with Gasteiger partial charge in [0, 0.05) is 46.1 Å². The summed E-state index contributed by atoms with van der Waals surface area (Å²) in [4.78, 5) is 28.5. The molecule has 0 unspecified atom stereocenters. The van der Waals surface area contributed by atoms with Crippen LogP contribution in [0.5, 0.6) is 0 Å². The third-order valence-corrected chi connectivity index (χ3v) is 6.79. The van der Waals surface area contributed by atoms with Gasteiger partial charge in [0.25, 0.3) is 5.56 Å². The number of nitrogen functional groups attached to an aromatic ring is 1. The summed E-state index contributed by atoms with van der Waals surface area (Å²) in [5.74, 6) is -0.332. The number of rotatable bonds is 4. The summed E-state index contributed by atoms with van der Waals surface area (Å²) in [7, 11) is 0. The Morgan fingerprint density at radius 2 is 1.97 bits per heavy atom. The van der Waals surface area contributed by atoms with Crippen molar-refractivity contribution in [3.05, 3.63) is 81.2 Å². The fourth-order valence-electron chi connectivity index (χ4n) is 5.23. The Hall–Kier alpha value is -4.20. The largest absolute Gasteiger partial charge is 0.382 e. The third kappa shape index (κ3) is 2.98. The van der Waals surface area contributed by atoms with Gasteiger partial charge in [0.1, 0.15) is 5.82 Å². The molecular formula is C26H22FN5O2. The van der Waals surface area contributed by atoms with Gasteiger partial charge in [0.2, 0.25) is 0 Å². The molecule has 5 aromatic rings. The number of aryl methyl sites for hydroxylation is 2. The van der Waals surface area contributed by atoms with Gasteiger partial charge in [0.15, 0.2) is 11.6 Å². The number of H-pyrrole nitrogens is 2. The van der Waals surface area contributed by atoms with Crippen LogP contribution in [0.1, 0.15) is 40.5 Å². The molecule has 6 rings (SSSR count). The first-order chi connectivity index (χ1) is 16.4. The van der Waals surface area contributed by atoms with Gasteiger partial charge >= 0.3 is 0 Å². The Morgan fingerprint density at radius 1 is 1.18 bits per heavy atom. The molecule has 0 bridgehead atoms. The number of nitrogens with one attached hydrogen (secondary N) is 2. The number of aromatic amines is 2. The molecule has 0 atom stereocenters. The average Bonchev–Trinajstić information content (AvgIpc) is 3.49. The number of Topliss-reactive ketones (excluding diaryl/α,β-unsaturated/α-hetero) is 1. The molecule has 1 aliphatic carbocycles. The van der Waals surface area contributed by atoms with Gasteiger partial charge in [-0.15, -0.1) is 0 Å². The Labute approximate surface area is 193 Å². The maximum atomic E-state index is 15.1. The lowest BCUT2D eigenvalue weighted by Gasteiger charge is -2.12. The topological polar surface area (TPSA) is 110 Å². The van der Waals surface area contributed by atoms with Crippen molar-refractivity contribution in [2.45, 2.75) is 32.7 Å². The van der Waals surface area contributed by atoms with Crippen molar-refractivity contribution in [2.75, 3.05) is 5.73 Å². The van der Waals surface area contributed by atoms with E-state index in [1.807, 2.05) is 4.57 Å².